The van der Waals surface area contributed by atoms with E-state index in [2.05, 4.69) is 35.8 Å². The van der Waals surface area contributed by atoms with Crippen LogP contribution in [0.4, 0.5) is 0 Å². The van der Waals surface area contributed by atoms with Crippen molar-refractivity contribution in [3.63, 3.8) is 0 Å². The molecule has 0 unspecified atom stereocenters. The highest BCUT2D eigenvalue weighted by atomic mass is 14.7. The zero-order valence-corrected chi connectivity index (χ0v) is 8.03. The van der Waals surface area contributed by atoms with Crippen LogP contribution >= 0.6 is 0 Å². The fourth-order valence-electron chi connectivity index (χ4n) is 1.62. The summed E-state index contributed by atoms with van der Waals surface area (Å²) in [7, 11) is 0. The van der Waals surface area contributed by atoms with Gasteiger partial charge in [-0.15, -0.1) is 6.58 Å². The Morgan fingerprint density at radius 2 is 2.29 bits per heavy atom. The van der Waals surface area contributed by atoms with E-state index in [1.165, 1.54) is 5.39 Å². The predicted octanol–water partition coefficient (Wildman–Crippen LogP) is 2.74. The Balaban J connectivity index is 2.38. The maximum Gasteiger partial charge on any atom is 0.0454 e. The monoisotopic (exact) mass is 186 g/mol. The van der Waals surface area contributed by atoms with Crippen LogP contribution in [0, 0.1) is 0 Å². The number of nitrogens with one attached hydrogen (secondary N) is 1. The number of aromatic nitrogens is 1. The maximum atomic E-state index is 5.98. The van der Waals surface area contributed by atoms with Crippen molar-refractivity contribution in [2.45, 2.75) is 12.5 Å². The van der Waals surface area contributed by atoms with Crippen molar-refractivity contribution in [3.8, 4) is 0 Å². The van der Waals surface area contributed by atoms with Crippen molar-refractivity contribution >= 4 is 10.9 Å². The Morgan fingerprint density at radius 1 is 1.43 bits per heavy atom. The highest BCUT2D eigenvalue weighted by Crippen LogP contribution is 2.20. The molecular formula is C12H14N2. The van der Waals surface area contributed by atoms with Gasteiger partial charge in [-0.3, -0.25) is 0 Å². The van der Waals surface area contributed by atoms with Crippen LogP contribution in [-0.4, -0.2) is 4.98 Å². The van der Waals surface area contributed by atoms with E-state index in [1.54, 1.807) is 0 Å². The van der Waals surface area contributed by atoms with Crippen molar-refractivity contribution in [3.05, 3.63) is 48.7 Å². The second-order valence-electron chi connectivity index (χ2n) is 3.46. The number of H-pyrrole nitrogens is 1. The molecule has 0 radical (unpaired) electrons. The predicted molar refractivity (Wildman–Crippen MR) is 60.0 cm³/mol. The summed E-state index contributed by atoms with van der Waals surface area (Å²) in [6.07, 6.45) is 4.61. The van der Waals surface area contributed by atoms with Crippen molar-refractivity contribution in [2.75, 3.05) is 0 Å². The van der Waals surface area contributed by atoms with E-state index in [0.29, 0.717) is 0 Å². The highest BCUT2D eigenvalue weighted by molar-refractivity contribution is 5.80. The van der Waals surface area contributed by atoms with Gasteiger partial charge in [-0.2, -0.15) is 0 Å². The minimum absolute atomic E-state index is 0.0619. The summed E-state index contributed by atoms with van der Waals surface area (Å²) in [5.41, 5.74) is 8.30. The molecule has 0 aliphatic carbocycles. The molecule has 72 valence electrons. The molecule has 1 aromatic heterocycles. The van der Waals surface area contributed by atoms with Crippen molar-refractivity contribution < 1.29 is 0 Å². The molecule has 0 amide bonds. The van der Waals surface area contributed by atoms with Crippen LogP contribution < -0.4 is 5.73 Å². The van der Waals surface area contributed by atoms with E-state index in [0.717, 1.165) is 17.5 Å². The lowest BCUT2D eigenvalue weighted by Crippen LogP contribution is -2.08. The summed E-state index contributed by atoms with van der Waals surface area (Å²) in [4.78, 5) is 3.16. The summed E-state index contributed by atoms with van der Waals surface area (Å²) >= 11 is 0. The van der Waals surface area contributed by atoms with E-state index in [-0.39, 0.29) is 6.04 Å². The molecule has 0 aliphatic heterocycles. The van der Waals surface area contributed by atoms with E-state index in [9.17, 15) is 0 Å². The molecule has 0 spiro atoms. The third-order valence-corrected chi connectivity index (χ3v) is 2.43. The second kappa shape index (κ2) is 3.68. The van der Waals surface area contributed by atoms with Crippen LogP contribution in [0.5, 0.6) is 0 Å². The first-order valence-corrected chi connectivity index (χ1v) is 4.75. The topological polar surface area (TPSA) is 41.8 Å². The fourth-order valence-corrected chi connectivity index (χ4v) is 1.62. The van der Waals surface area contributed by atoms with Gasteiger partial charge in [-0.05, 0) is 35.6 Å². The zero-order valence-electron chi connectivity index (χ0n) is 8.03. The average Bonchev–Trinajstić information content (AvgIpc) is 2.64. The summed E-state index contributed by atoms with van der Waals surface area (Å²) < 4.78 is 0. The van der Waals surface area contributed by atoms with E-state index in [4.69, 9.17) is 5.73 Å². The molecule has 0 saturated heterocycles. The average molecular weight is 186 g/mol. The Morgan fingerprint density at radius 3 is 3.07 bits per heavy atom. The molecule has 2 aromatic rings. The van der Waals surface area contributed by atoms with Crippen molar-refractivity contribution in [1.82, 2.24) is 4.98 Å². The van der Waals surface area contributed by atoms with Gasteiger partial charge in [0.2, 0.25) is 0 Å². The molecule has 14 heavy (non-hydrogen) atoms. The largest absolute Gasteiger partial charge is 0.361 e. The Labute approximate surface area is 83.4 Å². The summed E-state index contributed by atoms with van der Waals surface area (Å²) in [6.45, 7) is 3.69. The first-order chi connectivity index (χ1) is 6.81. The summed E-state index contributed by atoms with van der Waals surface area (Å²) in [5.74, 6) is 0. The third-order valence-electron chi connectivity index (χ3n) is 2.43. The molecule has 1 aromatic carbocycles. The van der Waals surface area contributed by atoms with E-state index >= 15 is 0 Å². The van der Waals surface area contributed by atoms with E-state index < -0.39 is 0 Å². The van der Waals surface area contributed by atoms with Crippen LogP contribution in [0.2, 0.25) is 0 Å². The number of nitrogens with two attached hydrogens (primary N) is 1. The number of hydrogen-bond acceptors (Lipinski definition) is 1. The highest BCUT2D eigenvalue weighted by Gasteiger charge is 2.04. The molecule has 3 N–H and O–H groups in total. The maximum absolute atomic E-state index is 5.98. The number of rotatable bonds is 3. The van der Waals surface area contributed by atoms with Crippen LogP contribution in [0.15, 0.2) is 43.1 Å². The molecule has 0 aliphatic rings. The van der Waals surface area contributed by atoms with Crippen LogP contribution in [-0.2, 0) is 0 Å². The zero-order chi connectivity index (χ0) is 9.97. The minimum atomic E-state index is 0.0619. The Kier molecular flexibility index (Phi) is 2.37. The fraction of sp³-hybridized carbons (Fsp3) is 0.167. The van der Waals surface area contributed by atoms with Crippen LogP contribution in [0.25, 0.3) is 10.9 Å². The lowest BCUT2D eigenvalue weighted by Gasteiger charge is -2.08. The number of aromatic amines is 1. The molecule has 1 atom stereocenters. The lowest BCUT2D eigenvalue weighted by atomic mass is 10.0. The molecule has 2 heteroatoms. The lowest BCUT2D eigenvalue weighted by molar-refractivity contribution is 0.743. The molecule has 0 fully saturated rings. The first-order valence-electron chi connectivity index (χ1n) is 4.75. The van der Waals surface area contributed by atoms with Gasteiger partial charge >= 0.3 is 0 Å². The molecule has 2 nitrogen and oxygen atoms in total. The molecule has 0 saturated carbocycles. The van der Waals surface area contributed by atoms with Crippen LogP contribution in [0.3, 0.4) is 0 Å². The second-order valence-corrected chi connectivity index (χ2v) is 3.46. The van der Waals surface area contributed by atoms with Gasteiger partial charge in [-0.25, -0.2) is 0 Å². The van der Waals surface area contributed by atoms with Gasteiger partial charge in [0, 0.05) is 17.8 Å². The molecule has 2 rings (SSSR count). The third kappa shape index (κ3) is 1.56. The standard InChI is InChI=1S/C12H14N2/c1-2-3-11(13)9-4-5-12-10(8-9)6-7-14-12/h2,4-8,11,14H,1,3,13H2/t11-/m0/s1. The quantitative estimate of drug-likeness (QED) is 0.711. The molecular weight excluding hydrogens is 172 g/mol. The SMILES string of the molecule is C=CC[C@H](N)c1ccc2[nH]ccc2c1. The van der Waals surface area contributed by atoms with Gasteiger partial charge in [-0.1, -0.05) is 12.1 Å². The smallest absolute Gasteiger partial charge is 0.0454 e. The van der Waals surface area contributed by atoms with Gasteiger partial charge in [0.1, 0.15) is 0 Å². The van der Waals surface area contributed by atoms with Gasteiger partial charge in [0.25, 0.3) is 0 Å². The van der Waals surface area contributed by atoms with E-state index in [1.807, 2.05) is 12.3 Å². The van der Waals surface area contributed by atoms with Crippen LogP contribution in [0.1, 0.15) is 18.0 Å². The van der Waals surface area contributed by atoms with Crippen molar-refractivity contribution in [1.29, 1.82) is 0 Å². The van der Waals surface area contributed by atoms with Gasteiger partial charge in [0.15, 0.2) is 0 Å². The number of benzene rings is 1. The number of hydrogen-bond donors (Lipinski definition) is 2. The Bertz CT molecular complexity index is 442. The normalized spacial score (nSPS) is 12.9. The van der Waals surface area contributed by atoms with Gasteiger partial charge in [0.05, 0.1) is 0 Å². The van der Waals surface area contributed by atoms with Crippen molar-refractivity contribution in [2.24, 2.45) is 5.73 Å². The summed E-state index contributed by atoms with van der Waals surface area (Å²) in [5, 5.41) is 1.21. The molecule has 1 heterocycles. The Hall–Kier alpha value is -1.54. The summed E-state index contributed by atoms with van der Waals surface area (Å²) in [6, 6.07) is 8.37. The van der Waals surface area contributed by atoms with Gasteiger partial charge < -0.3 is 10.7 Å². The minimum Gasteiger partial charge on any atom is -0.361 e. The molecule has 0 bridgehead atoms. The number of fused-ring (bicyclic) bond motifs is 1. The first kappa shape index (κ1) is 9.03.